The van der Waals surface area contributed by atoms with E-state index in [0.29, 0.717) is 24.3 Å². The number of amides is 1. The maximum atomic E-state index is 12.0. The summed E-state index contributed by atoms with van der Waals surface area (Å²) in [6.45, 7) is 4.95. The third-order valence-corrected chi connectivity index (χ3v) is 3.72. The molecule has 0 saturated carbocycles. The van der Waals surface area contributed by atoms with E-state index in [1.807, 2.05) is 25.4 Å². The number of anilines is 2. The van der Waals surface area contributed by atoms with Crippen molar-refractivity contribution in [2.24, 2.45) is 0 Å². The van der Waals surface area contributed by atoms with E-state index >= 15 is 0 Å². The fourth-order valence-corrected chi connectivity index (χ4v) is 2.60. The molecule has 0 radical (unpaired) electrons. The molecule has 0 bridgehead atoms. The number of hydrogen-bond acceptors (Lipinski definition) is 4. The third kappa shape index (κ3) is 2.56. The number of carbonyl (C=O) groups excluding carboxylic acids is 1. The average Bonchev–Trinajstić information content (AvgIpc) is 2.95. The van der Waals surface area contributed by atoms with Gasteiger partial charge in [-0.1, -0.05) is 0 Å². The molecule has 1 aromatic carbocycles. The van der Waals surface area contributed by atoms with Crippen LogP contribution in [0.15, 0.2) is 30.6 Å². The van der Waals surface area contributed by atoms with Crippen LogP contribution in [0, 0.1) is 0 Å². The number of aromatic nitrogens is 2. The van der Waals surface area contributed by atoms with Gasteiger partial charge in [-0.2, -0.15) is 0 Å². The Balaban J connectivity index is 1.88. The highest BCUT2D eigenvalue weighted by Gasteiger charge is 2.19. The molecule has 0 spiro atoms. The van der Waals surface area contributed by atoms with Crippen molar-refractivity contribution in [1.82, 2.24) is 14.9 Å². The molecule has 3 rings (SSSR count). The molecule has 1 aliphatic rings. The van der Waals surface area contributed by atoms with E-state index in [4.69, 9.17) is 5.73 Å². The summed E-state index contributed by atoms with van der Waals surface area (Å²) in [4.78, 5) is 18.5. The fourth-order valence-electron chi connectivity index (χ4n) is 2.60. The van der Waals surface area contributed by atoms with E-state index in [9.17, 15) is 4.79 Å². The van der Waals surface area contributed by atoms with Gasteiger partial charge in [0.05, 0.1) is 17.9 Å². The Morgan fingerprint density at radius 1 is 1.43 bits per heavy atom. The molecule has 110 valence electrons. The molecule has 21 heavy (non-hydrogen) atoms. The summed E-state index contributed by atoms with van der Waals surface area (Å²) in [7, 11) is 0. The summed E-state index contributed by atoms with van der Waals surface area (Å²) in [5.41, 5.74) is 8.30. The molecule has 2 heterocycles. The molecule has 0 fully saturated rings. The number of nitrogens with two attached hydrogens (primary N) is 1. The molecule has 0 atom stereocenters. The van der Waals surface area contributed by atoms with Gasteiger partial charge in [0.2, 0.25) is 0 Å². The maximum Gasteiger partial charge on any atom is 0.251 e. The number of nitrogens with one attached hydrogen (secondary N) is 1. The van der Waals surface area contributed by atoms with Crippen LogP contribution in [0.4, 0.5) is 11.4 Å². The zero-order valence-corrected chi connectivity index (χ0v) is 12.0. The number of nitrogen functional groups attached to an aromatic ring is 1. The van der Waals surface area contributed by atoms with Crippen LogP contribution in [0.25, 0.3) is 0 Å². The first-order chi connectivity index (χ1) is 10.2. The van der Waals surface area contributed by atoms with E-state index in [1.54, 1.807) is 12.1 Å². The van der Waals surface area contributed by atoms with Gasteiger partial charge < -0.3 is 20.5 Å². The normalized spacial score (nSPS) is 13.9. The van der Waals surface area contributed by atoms with Crippen LogP contribution < -0.4 is 16.0 Å². The molecule has 1 aliphatic heterocycles. The van der Waals surface area contributed by atoms with E-state index < -0.39 is 0 Å². The maximum absolute atomic E-state index is 12.0. The van der Waals surface area contributed by atoms with Crippen LogP contribution in [0.1, 0.15) is 23.1 Å². The Hall–Kier alpha value is -2.50. The van der Waals surface area contributed by atoms with Gasteiger partial charge in [0.15, 0.2) is 0 Å². The van der Waals surface area contributed by atoms with Gasteiger partial charge in [0.1, 0.15) is 5.82 Å². The Bertz CT molecular complexity index is 664. The van der Waals surface area contributed by atoms with Gasteiger partial charge in [-0.15, -0.1) is 0 Å². The van der Waals surface area contributed by atoms with Crippen LogP contribution in [0.2, 0.25) is 0 Å². The van der Waals surface area contributed by atoms with Crippen molar-refractivity contribution in [3.8, 4) is 0 Å². The predicted molar refractivity (Wildman–Crippen MR) is 82.1 cm³/mol. The number of rotatable bonds is 3. The van der Waals surface area contributed by atoms with Crippen molar-refractivity contribution in [1.29, 1.82) is 0 Å². The largest absolute Gasteiger partial charge is 0.397 e. The van der Waals surface area contributed by atoms with E-state index in [0.717, 1.165) is 24.6 Å². The van der Waals surface area contributed by atoms with Gasteiger partial charge in [0, 0.05) is 37.6 Å². The third-order valence-electron chi connectivity index (χ3n) is 3.72. The second kappa shape index (κ2) is 5.47. The topological polar surface area (TPSA) is 76.2 Å². The number of hydrogen-bond donors (Lipinski definition) is 2. The van der Waals surface area contributed by atoms with Gasteiger partial charge in [-0.25, -0.2) is 4.98 Å². The number of benzene rings is 1. The summed E-state index contributed by atoms with van der Waals surface area (Å²) >= 11 is 0. The highest BCUT2D eigenvalue weighted by Crippen LogP contribution is 2.27. The highest BCUT2D eigenvalue weighted by molar-refractivity contribution is 5.96. The number of imidazole rings is 1. The average molecular weight is 285 g/mol. The second-order valence-corrected chi connectivity index (χ2v) is 5.09. The minimum Gasteiger partial charge on any atom is -0.397 e. The van der Waals surface area contributed by atoms with Crippen LogP contribution in [-0.2, 0) is 13.1 Å². The molecule has 6 heteroatoms. The lowest BCUT2D eigenvalue weighted by atomic mass is 10.1. The number of nitrogens with zero attached hydrogens (tertiary/aromatic N) is 3. The molecule has 1 aromatic heterocycles. The van der Waals surface area contributed by atoms with Crippen molar-refractivity contribution in [3.63, 3.8) is 0 Å². The minimum absolute atomic E-state index is 0.0720. The van der Waals surface area contributed by atoms with Crippen molar-refractivity contribution in [2.75, 3.05) is 23.7 Å². The first-order valence-electron chi connectivity index (χ1n) is 7.11. The van der Waals surface area contributed by atoms with E-state index in [2.05, 4.69) is 19.8 Å². The summed E-state index contributed by atoms with van der Waals surface area (Å²) in [5, 5.41) is 2.81. The lowest BCUT2D eigenvalue weighted by molar-refractivity contribution is 0.0956. The Morgan fingerprint density at radius 2 is 2.29 bits per heavy atom. The summed E-state index contributed by atoms with van der Waals surface area (Å²) in [5.74, 6) is 0.946. The van der Waals surface area contributed by atoms with E-state index in [-0.39, 0.29) is 5.91 Å². The number of carbonyl (C=O) groups is 1. The Labute approximate surface area is 123 Å². The quantitative estimate of drug-likeness (QED) is 0.832. The second-order valence-electron chi connectivity index (χ2n) is 5.09. The van der Waals surface area contributed by atoms with Gasteiger partial charge >= 0.3 is 0 Å². The van der Waals surface area contributed by atoms with Gasteiger partial charge in [0.25, 0.3) is 5.91 Å². The standard InChI is InChI=1S/C15H19N5O/c1-2-17-15(21)11-3-4-12(16)13(9-11)20-8-7-19-6-5-18-14(19)10-20/h3-6,9H,2,7-8,10,16H2,1H3,(H,17,21). The lowest BCUT2D eigenvalue weighted by Gasteiger charge is -2.30. The summed E-state index contributed by atoms with van der Waals surface area (Å²) in [6.07, 6.45) is 3.80. The molecule has 1 amide bonds. The SMILES string of the molecule is CCNC(=O)c1ccc(N)c(N2CCn3ccnc3C2)c1. The lowest BCUT2D eigenvalue weighted by Crippen LogP contribution is -2.34. The van der Waals surface area contributed by atoms with Crippen molar-refractivity contribution in [2.45, 2.75) is 20.0 Å². The van der Waals surface area contributed by atoms with Crippen molar-refractivity contribution < 1.29 is 4.79 Å². The molecule has 2 aromatic rings. The molecular weight excluding hydrogens is 266 g/mol. The zero-order chi connectivity index (χ0) is 14.8. The molecule has 0 aliphatic carbocycles. The molecule has 0 unspecified atom stereocenters. The first kappa shape index (κ1) is 13.5. The van der Waals surface area contributed by atoms with Crippen LogP contribution >= 0.6 is 0 Å². The summed E-state index contributed by atoms with van der Waals surface area (Å²) < 4.78 is 2.14. The molecule has 6 nitrogen and oxygen atoms in total. The Morgan fingerprint density at radius 3 is 3.10 bits per heavy atom. The molecule has 0 saturated heterocycles. The van der Waals surface area contributed by atoms with Gasteiger partial charge in [-0.05, 0) is 25.1 Å². The fraction of sp³-hybridized carbons (Fsp3) is 0.333. The summed E-state index contributed by atoms with van der Waals surface area (Å²) in [6, 6.07) is 5.41. The Kier molecular flexibility index (Phi) is 3.51. The predicted octanol–water partition coefficient (Wildman–Crippen LogP) is 1.24. The van der Waals surface area contributed by atoms with Crippen LogP contribution in [0.3, 0.4) is 0 Å². The molecule has 3 N–H and O–H groups in total. The van der Waals surface area contributed by atoms with Crippen LogP contribution in [0.5, 0.6) is 0 Å². The van der Waals surface area contributed by atoms with Crippen molar-refractivity contribution >= 4 is 17.3 Å². The number of fused-ring (bicyclic) bond motifs is 1. The minimum atomic E-state index is -0.0720. The zero-order valence-electron chi connectivity index (χ0n) is 12.0. The smallest absolute Gasteiger partial charge is 0.251 e. The van der Waals surface area contributed by atoms with E-state index in [1.165, 1.54) is 0 Å². The highest BCUT2D eigenvalue weighted by atomic mass is 16.1. The van der Waals surface area contributed by atoms with Crippen LogP contribution in [-0.4, -0.2) is 28.5 Å². The molecular formula is C15H19N5O. The monoisotopic (exact) mass is 285 g/mol. The first-order valence-corrected chi connectivity index (χ1v) is 7.11. The van der Waals surface area contributed by atoms with Crippen molar-refractivity contribution in [3.05, 3.63) is 42.0 Å². The van der Waals surface area contributed by atoms with Gasteiger partial charge in [-0.3, -0.25) is 4.79 Å².